The summed E-state index contributed by atoms with van der Waals surface area (Å²) < 4.78 is 19.8. The number of ketones is 1. The van der Waals surface area contributed by atoms with Crippen LogP contribution in [0.3, 0.4) is 0 Å². The Morgan fingerprint density at radius 3 is 2.56 bits per heavy atom. The molecule has 0 radical (unpaired) electrons. The number of aryl methyl sites for hydroxylation is 1. The summed E-state index contributed by atoms with van der Waals surface area (Å²) in [6.45, 7) is 2.29. The topological polar surface area (TPSA) is 131 Å². The molecule has 1 fully saturated rings. The number of hydrogen-bond donors (Lipinski definition) is 2. The lowest BCUT2D eigenvalue weighted by atomic mass is 10.1. The fourth-order valence-corrected chi connectivity index (χ4v) is 3.99. The van der Waals surface area contributed by atoms with Crippen LogP contribution in [0.1, 0.15) is 47.7 Å². The number of hydrogen-bond acceptors (Lipinski definition) is 7. The van der Waals surface area contributed by atoms with Crippen molar-refractivity contribution >= 4 is 17.6 Å². The Balaban J connectivity index is 1.94. The van der Waals surface area contributed by atoms with Gasteiger partial charge >= 0.3 is 11.8 Å². The van der Waals surface area contributed by atoms with Crippen LogP contribution in [0.2, 0.25) is 0 Å². The number of ether oxygens (including phenoxy) is 1. The van der Waals surface area contributed by atoms with Crippen molar-refractivity contribution in [2.24, 2.45) is 7.05 Å². The van der Waals surface area contributed by atoms with Gasteiger partial charge in [0.1, 0.15) is 11.6 Å². The van der Waals surface area contributed by atoms with Crippen LogP contribution in [-0.2, 0) is 27.8 Å². The largest absolute Gasteiger partial charge is 0.501 e. The van der Waals surface area contributed by atoms with Gasteiger partial charge in [-0.1, -0.05) is 12.1 Å². The first-order valence-electron chi connectivity index (χ1n) is 10.9. The molecule has 3 rings (SSSR count). The molecule has 34 heavy (non-hydrogen) atoms. The number of carbonyl (C=O) groups excluding carboxylic acids is 3. The van der Waals surface area contributed by atoms with Gasteiger partial charge in [0.15, 0.2) is 11.5 Å². The van der Waals surface area contributed by atoms with Crippen LogP contribution in [0.15, 0.2) is 29.1 Å². The third-order valence-electron chi connectivity index (χ3n) is 5.76. The highest BCUT2D eigenvalue weighted by Crippen LogP contribution is 2.33. The first kappa shape index (κ1) is 25.0. The molecule has 0 aliphatic carbocycles. The highest BCUT2D eigenvalue weighted by molar-refractivity contribution is 6.35. The van der Waals surface area contributed by atoms with Gasteiger partial charge in [-0.05, 0) is 31.0 Å². The van der Waals surface area contributed by atoms with E-state index in [4.69, 9.17) is 4.74 Å². The maximum absolute atomic E-state index is 13.1. The van der Waals surface area contributed by atoms with Crippen LogP contribution in [0.5, 0.6) is 5.75 Å². The zero-order chi connectivity index (χ0) is 25.0. The van der Waals surface area contributed by atoms with Crippen molar-refractivity contribution in [1.82, 2.24) is 19.8 Å². The Labute approximate surface area is 195 Å². The van der Waals surface area contributed by atoms with Crippen molar-refractivity contribution in [2.45, 2.75) is 38.3 Å². The summed E-state index contributed by atoms with van der Waals surface area (Å²) in [6, 6.07) is 4.82. The fourth-order valence-electron chi connectivity index (χ4n) is 3.99. The van der Waals surface area contributed by atoms with Crippen LogP contribution < -0.4 is 10.9 Å². The van der Waals surface area contributed by atoms with Crippen LogP contribution in [0.4, 0.5) is 4.39 Å². The first-order chi connectivity index (χ1) is 16.2. The summed E-state index contributed by atoms with van der Waals surface area (Å²) in [5.74, 6) is -3.36. The van der Waals surface area contributed by atoms with Crippen LogP contribution in [0.25, 0.3) is 0 Å². The number of carbonyl (C=O) groups is 3. The van der Waals surface area contributed by atoms with Gasteiger partial charge in [0.25, 0.3) is 5.56 Å². The number of aromatic nitrogens is 2. The maximum Gasteiger partial charge on any atom is 0.312 e. The van der Waals surface area contributed by atoms with Crippen molar-refractivity contribution in [1.29, 1.82) is 0 Å². The number of nitrogens with one attached hydrogen (secondary N) is 1. The zero-order valence-corrected chi connectivity index (χ0v) is 19.2. The average Bonchev–Trinajstić information content (AvgIpc) is 3.25. The van der Waals surface area contributed by atoms with Crippen LogP contribution in [0, 0.1) is 5.82 Å². The lowest BCUT2D eigenvalue weighted by Gasteiger charge is -2.25. The highest BCUT2D eigenvalue weighted by atomic mass is 19.1. The minimum absolute atomic E-state index is 0.0624. The molecule has 10 nitrogen and oxygen atoms in total. The average molecular weight is 474 g/mol. The van der Waals surface area contributed by atoms with E-state index in [1.165, 1.54) is 31.1 Å². The summed E-state index contributed by atoms with van der Waals surface area (Å²) in [7, 11) is 2.70. The highest BCUT2D eigenvalue weighted by Gasteiger charge is 2.41. The van der Waals surface area contributed by atoms with Crippen molar-refractivity contribution in [2.75, 3.05) is 20.2 Å². The molecule has 1 aliphatic heterocycles. The second kappa shape index (κ2) is 10.6. The van der Waals surface area contributed by atoms with Gasteiger partial charge in [-0.25, -0.2) is 9.37 Å². The Hall–Kier alpha value is -3.60. The summed E-state index contributed by atoms with van der Waals surface area (Å²) in [6.07, 6.45) is 0.0329. The molecule has 2 atom stereocenters. The molecule has 1 aliphatic rings. The summed E-state index contributed by atoms with van der Waals surface area (Å²) in [5, 5.41) is 12.6. The van der Waals surface area contributed by atoms with Crippen molar-refractivity contribution < 1.29 is 28.6 Å². The molecule has 0 bridgehead atoms. The van der Waals surface area contributed by atoms with Crippen LogP contribution in [-0.4, -0.2) is 63.5 Å². The van der Waals surface area contributed by atoms with E-state index >= 15 is 0 Å². The third-order valence-corrected chi connectivity index (χ3v) is 5.76. The molecule has 0 spiro atoms. The number of likely N-dealkylation sites (tertiary alicyclic amines) is 1. The van der Waals surface area contributed by atoms with E-state index in [0.717, 1.165) is 4.57 Å². The van der Waals surface area contributed by atoms with E-state index in [-0.39, 0.29) is 31.6 Å². The maximum atomic E-state index is 13.1. The Kier molecular flexibility index (Phi) is 7.77. The van der Waals surface area contributed by atoms with Crippen LogP contribution >= 0.6 is 0 Å². The molecule has 11 heteroatoms. The quantitative estimate of drug-likeness (QED) is 0.450. The number of nitrogens with zero attached hydrogens (tertiary/aromatic N) is 3. The van der Waals surface area contributed by atoms with Crippen molar-refractivity contribution in [3.05, 3.63) is 57.5 Å². The lowest BCUT2D eigenvalue weighted by Crippen LogP contribution is -2.43. The molecule has 1 saturated heterocycles. The summed E-state index contributed by atoms with van der Waals surface area (Å²) in [5.41, 5.74) is -0.550. The van der Waals surface area contributed by atoms with Crippen molar-refractivity contribution in [3.8, 4) is 5.75 Å². The normalized spacial score (nSPS) is 17.6. The number of Topliss-reactive ketones (excluding diaryl/α,β-unsaturated/α-hetero) is 1. The number of aromatic hydroxyl groups is 1. The number of halogens is 1. The van der Waals surface area contributed by atoms with E-state index in [0.29, 0.717) is 12.2 Å². The third kappa shape index (κ3) is 5.14. The Bertz CT molecular complexity index is 1150. The smallest absolute Gasteiger partial charge is 0.312 e. The van der Waals surface area contributed by atoms with Gasteiger partial charge in [0, 0.05) is 40.1 Å². The standard InChI is InChI=1S/C23H27FN4O6/c1-4-34-15-11-16(28(12-15)23(33)21(31)25-2)20-26-18(19(30)22(32)27(20)3)17(29)10-7-13-5-8-14(24)9-6-13/h5-6,8-9,15-16,30H,4,7,10-12H2,1-3H3,(H,25,31)/t15-,16?/m1/s1. The molecule has 2 heterocycles. The molecular formula is C23H27FN4O6. The van der Waals surface area contributed by atoms with Gasteiger partial charge in [-0.15, -0.1) is 0 Å². The minimum atomic E-state index is -0.845. The van der Waals surface area contributed by atoms with Crippen molar-refractivity contribution in [3.63, 3.8) is 0 Å². The molecule has 1 aromatic carbocycles. The summed E-state index contributed by atoms with van der Waals surface area (Å²) >= 11 is 0. The molecule has 1 aromatic heterocycles. The molecule has 0 saturated carbocycles. The number of benzene rings is 1. The minimum Gasteiger partial charge on any atom is -0.501 e. The molecule has 182 valence electrons. The predicted molar refractivity (Wildman–Crippen MR) is 119 cm³/mol. The lowest BCUT2D eigenvalue weighted by molar-refractivity contribution is -0.146. The first-order valence-corrected chi connectivity index (χ1v) is 10.9. The molecule has 2 amide bonds. The van der Waals surface area contributed by atoms with Gasteiger partial charge in [-0.3, -0.25) is 23.7 Å². The van der Waals surface area contributed by atoms with E-state index in [9.17, 15) is 28.7 Å². The molecular weight excluding hydrogens is 447 g/mol. The second-order valence-corrected chi connectivity index (χ2v) is 7.95. The monoisotopic (exact) mass is 474 g/mol. The second-order valence-electron chi connectivity index (χ2n) is 7.95. The SMILES string of the molecule is CCO[C@@H]1CC(c2nc(C(=O)CCc3ccc(F)cc3)c(O)c(=O)n2C)N(C(=O)C(=O)NC)C1. The number of likely N-dealkylation sites (N-methyl/N-ethyl adjacent to an activating group) is 1. The number of amides is 2. The van der Waals surface area contributed by atoms with E-state index in [2.05, 4.69) is 10.3 Å². The molecule has 2 aromatic rings. The van der Waals surface area contributed by atoms with Gasteiger partial charge in [0.05, 0.1) is 12.1 Å². The molecule has 1 unspecified atom stereocenters. The summed E-state index contributed by atoms with van der Waals surface area (Å²) in [4.78, 5) is 55.8. The van der Waals surface area contributed by atoms with Gasteiger partial charge < -0.3 is 20.1 Å². The molecule has 2 N–H and O–H groups in total. The fraction of sp³-hybridized carbons (Fsp3) is 0.435. The Morgan fingerprint density at radius 1 is 1.26 bits per heavy atom. The predicted octanol–water partition coefficient (Wildman–Crippen LogP) is 0.865. The van der Waals surface area contributed by atoms with E-state index < -0.39 is 52.6 Å². The van der Waals surface area contributed by atoms with E-state index in [1.54, 1.807) is 19.1 Å². The van der Waals surface area contributed by atoms with E-state index in [1.807, 2.05) is 0 Å². The Morgan fingerprint density at radius 2 is 1.94 bits per heavy atom. The zero-order valence-electron chi connectivity index (χ0n) is 19.2. The number of rotatable bonds is 7. The van der Waals surface area contributed by atoms with Gasteiger partial charge in [-0.2, -0.15) is 0 Å². The van der Waals surface area contributed by atoms with Gasteiger partial charge in [0.2, 0.25) is 5.75 Å².